The fourth-order valence-corrected chi connectivity index (χ4v) is 1.93. The average Bonchev–Trinajstić information content (AvgIpc) is 2.45. The van der Waals surface area contributed by atoms with Crippen molar-refractivity contribution in [1.82, 2.24) is 19.9 Å². The van der Waals surface area contributed by atoms with Gasteiger partial charge in [0.05, 0.1) is 11.0 Å². The Balaban J connectivity index is 2.21. The molecule has 1 aromatic carbocycles. The Morgan fingerprint density at radius 1 is 1.19 bits per heavy atom. The Labute approximate surface area is 117 Å². The molecule has 0 aliphatic heterocycles. The van der Waals surface area contributed by atoms with Gasteiger partial charge in [-0.1, -0.05) is 6.92 Å². The molecule has 0 atom stereocenters. The van der Waals surface area contributed by atoms with Crippen LogP contribution in [0, 0.1) is 0 Å². The third-order valence-electron chi connectivity index (χ3n) is 2.94. The molecule has 0 aliphatic carbocycles. The van der Waals surface area contributed by atoms with Crippen LogP contribution in [-0.2, 0) is 4.79 Å². The standard InChI is InChI=1S/C13H11N5O3/c1-2-9(19)14-6-3-4-7-8(5-6)16-11-10(15-7)12(20)18-13(21)17-11/h3-5H,2H2,1H3,(H,14,19)(H2,16,17,18,20,21). The summed E-state index contributed by atoms with van der Waals surface area (Å²) in [6.07, 6.45) is 0.365. The zero-order chi connectivity index (χ0) is 15.0. The van der Waals surface area contributed by atoms with Gasteiger partial charge in [0.2, 0.25) is 5.91 Å². The Bertz CT molecular complexity index is 973. The highest BCUT2D eigenvalue weighted by Gasteiger charge is 2.08. The summed E-state index contributed by atoms with van der Waals surface area (Å²) in [5.74, 6) is -0.118. The second-order valence-corrected chi connectivity index (χ2v) is 4.43. The Morgan fingerprint density at radius 2 is 2.00 bits per heavy atom. The largest absolute Gasteiger partial charge is 0.327 e. The quantitative estimate of drug-likeness (QED) is 0.592. The number of aromatic nitrogens is 4. The van der Waals surface area contributed by atoms with Crippen LogP contribution in [0.1, 0.15) is 13.3 Å². The third-order valence-corrected chi connectivity index (χ3v) is 2.94. The maximum absolute atomic E-state index is 11.7. The number of rotatable bonds is 2. The zero-order valence-electron chi connectivity index (χ0n) is 11.1. The third kappa shape index (κ3) is 2.38. The molecule has 3 N–H and O–H groups in total. The number of aromatic amines is 2. The fourth-order valence-electron chi connectivity index (χ4n) is 1.93. The van der Waals surface area contributed by atoms with E-state index in [4.69, 9.17) is 0 Å². The van der Waals surface area contributed by atoms with Crippen LogP contribution in [-0.4, -0.2) is 25.8 Å². The number of hydrogen-bond donors (Lipinski definition) is 3. The van der Waals surface area contributed by atoms with Crippen molar-refractivity contribution in [2.75, 3.05) is 5.32 Å². The van der Waals surface area contributed by atoms with Gasteiger partial charge in [-0.05, 0) is 18.2 Å². The summed E-state index contributed by atoms with van der Waals surface area (Å²) in [7, 11) is 0. The predicted octanol–water partition coefficient (Wildman–Crippen LogP) is 0.508. The summed E-state index contributed by atoms with van der Waals surface area (Å²) in [6.45, 7) is 1.75. The van der Waals surface area contributed by atoms with Gasteiger partial charge in [0.15, 0.2) is 11.2 Å². The minimum absolute atomic E-state index is 0.0624. The summed E-state index contributed by atoms with van der Waals surface area (Å²) in [4.78, 5) is 47.2. The van der Waals surface area contributed by atoms with E-state index in [1.165, 1.54) is 0 Å². The molecule has 2 heterocycles. The Kier molecular flexibility index (Phi) is 2.98. The minimum Gasteiger partial charge on any atom is -0.326 e. The molecule has 106 valence electrons. The first-order valence-corrected chi connectivity index (χ1v) is 6.31. The number of amides is 1. The summed E-state index contributed by atoms with van der Waals surface area (Å²) in [5, 5.41) is 2.71. The van der Waals surface area contributed by atoms with Gasteiger partial charge in [-0.3, -0.25) is 19.6 Å². The number of H-pyrrole nitrogens is 2. The van der Waals surface area contributed by atoms with Crippen LogP contribution in [0.5, 0.6) is 0 Å². The number of benzene rings is 1. The summed E-state index contributed by atoms with van der Waals surface area (Å²) in [5.41, 5.74) is 0.480. The summed E-state index contributed by atoms with van der Waals surface area (Å²) < 4.78 is 0. The Hall–Kier alpha value is -3.03. The van der Waals surface area contributed by atoms with Crippen molar-refractivity contribution in [3.63, 3.8) is 0 Å². The van der Waals surface area contributed by atoms with E-state index in [0.717, 1.165) is 0 Å². The molecule has 8 heteroatoms. The highest BCUT2D eigenvalue weighted by Crippen LogP contribution is 2.17. The first kappa shape index (κ1) is 13.0. The molecule has 0 bridgehead atoms. The normalized spacial score (nSPS) is 10.9. The average molecular weight is 285 g/mol. The lowest BCUT2D eigenvalue weighted by Crippen LogP contribution is -2.23. The van der Waals surface area contributed by atoms with E-state index < -0.39 is 11.2 Å². The molecule has 3 rings (SSSR count). The second kappa shape index (κ2) is 4.82. The highest BCUT2D eigenvalue weighted by atomic mass is 16.2. The molecule has 0 aliphatic rings. The van der Waals surface area contributed by atoms with Gasteiger partial charge in [-0.25, -0.2) is 14.8 Å². The van der Waals surface area contributed by atoms with Crippen LogP contribution in [0.15, 0.2) is 27.8 Å². The molecule has 0 radical (unpaired) electrons. The smallest absolute Gasteiger partial charge is 0.326 e. The van der Waals surface area contributed by atoms with Gasteiger partial charge in [-0.15, -0.1) is 0 Å². The van der Waals surface area contributed by atoms with Gasteiger partial charge >= 0.3 is 5.69 Å². The maximum atomic E-state index is 11.7. The van der Waals surface area contributed by atoms with Crippen LogP contribution >= 0.6 is 0 Å². The zero-order valence-corrected chi connectivity index (χ0v) is 11.1. The van der Waals surface area contributed by atoms with E-state index in [-0.39, 0.29) is 17.1 Å². The predicted molar refractivity (Wildman–Crippen MR) is 77.2 cm³/mol. The molecule has 0 spiro atoms. The van der Waals surface area contributed by atoms with E-state index in [1.807, 2.05) is 0 Å². The van der Waals surface area contributed by atoms with Crippen LogP contribution in [0.25, 0.3) is 22.2 Å². The summed E-state index contributed by atoms with van der Waals surface area (Å²) >= 11 is 0. The van der Waals surface area contributed by atoms with E-state index in [1.54, 1.807) is 25.1 Å². The van der Waals surface area contributed by atoms with E-state index in [0.29, 0.717) is 23.1 Å². The molecule has 21 heavy (non-hydrogen) atoms. The van der Waals surface area contributed by atoms with Crippen molar-refractivity contribution in [3.8, 4) is 0 Å². The highest BCUT2D eigenvalue weighted by molar-refractivity contribution is 5.93. The van der Waals surface area contributed by atoms with Gasteiger partial charge < -0.3 is 5.32 Å². The lowest BCUT2D eigenvalue weighted by molar-refractivity contribution is -0.115. The van der Waals surface area contributed by atoms with Crippen molar-refractivity contribution < 1.29 is 4.79 Å². The molecule has 1 amide bonds. The van der Waals surface area contributed by atoms with Crippen molar-refractivity contribution in [1.29, 1.82) is 0 Å². The van der Waals surface area contributed by atoms with E-state index >= 15 is 0 Å². The van der Waals surface area contributed by atoms with Crippen molar-refractivity contribution in [2.24, 2.45) is 0 Å². The van der Waals surface area contributed by atoms with Gasteiger partial charge in [0, 0.05) is 12.1 Å². The number of hydrogen-bond acceptors (Lipinski definition) is 5. The van der Waals surface area contributed by atoms with Gasteiger partial charge in [-0.2, -0.15) is 0 Å². The molecule has 0 saturated carbocycles. The maximum Gasteiger partial charge on any atom is 0.327 e. The van der Waals surface area contributed by atoms with Crippen LogP contribution in [0.2, 0.25) is 0 Å². The molecule has 0 fully saturated rings. The molecule has 3 aromatic rings. The topological polar surface area (TPSA) is 121 Å². The number of anilines is 1. The minimum atomic E-state index is -0.642. The molecular formula is C13H11N5O3. The fraction of sp³-hybridized carbons (Fsp3) is 0.154. The van der Waals surface area contributed by atoms with Crippen LogP contribution in [0.4, 0.5) is 5.69 Å². The van der Waals surface area contributed by atoms with Crippen LogP contribution < -0.4 is 16.6 Å². The number of nitrogens with zero attached hydrogens (tertiary/aromatic N) is 2. The lowest BCUT2D eigenvalue weighted by atomic mass is 10.2. The first-order valence-electron chi connectivity index (χ1n) is 6.31. The lowest BCUT2D eigenvalue weighted by Gasteiger charge is -2.05. The van der Waals surface area contributed by atoms with E-state index in [9.17, 15) is 14.4 Å². The second-order valence-electron chi connectivity index (χ2n) is 4.43. The Morgan fingerprint density at radius 3 is 2.76 bits per heavy atom. The molecule has 8 nitrogen and oxygen atoms in total. The molecular weight excluding hydrogens is 274 g/mol. The monoisotopic (exact) mass is 285 g/mol. The van der Waals surface area contributed by atoms with E-state index in [2.05, 4.69) is 25.3 Å². The molecule has 0 unspecified atom stereocenters. The summed E-state index contributed by atoms with van der Waals surface area (Å²) in [6, 6.07) is 4.96. The number of carbonyl (C=O) groups excluding carboxylic acids is 1. The van der Waals surface area contributed by atoms with Crippen LogP contribution in [0.3, 0.4) is 0 Å². The van der Waals surface area contributed by atoms with Gasteiger partial charge in [0.1, 0.15) is 0 Å². The number of nitrogens with one attached hydrogen (secondary N) is 3. The van der Waals surface area contributed by atoms with Crippen molar-refractivity contribution >= 4 is 33.8 Å². The number of carbonyl (C=O) groups is 1. The SMILES string of the molecule is CCC(=O)Nc1ccc2nc3c(=O)[nH]c(=O)[nH]c3nc2c1. The first-order chi connectivity index (χ1) is 10.1. The number of fused-ring (bicyclic) bond motifs is 2. The van der Waals surface area contributed by atoms with Gasteiger partial charge in [0.25, 0.3) is 5.56 Å². The van der Waals surface area contributed by atoms with Crippen molar-refractivity contribution in [3.05, 3.63) is 39.0 Å². The molecule has 0 saturated heterocycles. The molecule has 2 aromatic heterocycles. The van der Waals surface area contributed by atoms with Crippen molar-refractivity contribution in [2.45, 2.75) is 13.3 Å².